The molecule has 3 nitrogen and oxygen atoms in total. The minimum absolute atomic E-state index is 0.167. The molecule has 18 heavy (non-hydrogen) atoms. The summed E-state index contributed by atoms with van der Waals surface area (Å²) in [5.41, 5.74) is 0.428. The van der Waals surface area contributed by atoms with Crippen LogP contribution in [-0.2, 0) is 4.74 Å². The van der Waals surface area contributed by atoms with Crippen molar-refractivity contribution in [3.05, 3.63) is 0 Å². The highest BCUT2D eigenvalue weighted by molar-refractivity contribution is 5.11. The fourth-order valence-electron chi connectivity index (χ4n) is 4.58. The minimum atomic E-state index is 0.167. The number of ether oxygens (including phenoxy) is 1. The van der Waals surface area contributed by atoms with Gasteiger partial charge in [0.05, 0.1) is 6.10 Å². The third-order valence-electron chi connectivity index (χ3n) is 5.80. The molecule has 2 aliphatic carbocycles. The quantitative estimate of drug-likeness (QED) is 0.804. The Hall–Kier alpha value is -0.120. The van der Waals surface area contributed by atoms with Crippen molar-refractivity contribution in [3.8, 4) is 0 Å². The van der Waals surface area contributed by atoms with Gasteiger partial charge in [-0.25, -0.2) is 0 Å². The smallest absolute Gasteiger partial charge is 0.0685 e. The molecule has 0 aromatic heterocycles. The maximum absolute atomic E-state index is 9.67. The Labute approximate surface area is 110 Å². The van der Waals surface area contributed by atoms with E-state index in [-0.39, 0.29) is 10.8 Å². The zero-order valence-corrected chi connectivity index (χ0v) is 11.7. The van der Waals surface area contributed by atoms with E-state index in [0.29, 0.717) is 24.7 Å². The predicted molar refractivity (Wildman–Crippen MR) is 71.4 cm³/mol. The zero-order valence-electron chi connectivity index (χ0n) is 11.7. The highest BCUT2D eigenvalue weighted by Crippen LogP contribution is 2.52. The maximum Gasteiger partial charge on any atom is 0.0685 e. The van der Waals surface area contributed by atoms with Gasteiger partial charge in [0.1, 0.15) is 0 Å². The van der Waals surface area contributed by atoms with Crippen LogP contribution in [0, 0.1) is 16.7 Å². The van der Waals surface area contributed by atoms with E-state index in [1.807, 2.05) is 0 Å². The molecule has 3 unspecified atom stereocenters. The first kappa shape index (κ1) is 12.9. The van der Waals surface area contributed by atoms with Crippen molar-refractivity contribution in [1.82, 2.24) is 5.32 Å². The van der Waals surface area contributed by atoms with Gasteiger partial charge in [-0.1, -0.05) is 26.7 Å². The summed E-state index contributed by atoms with van der Waals surface area (Å²) in [7, 11) is 0. The molecule has 2 N–H and O–H groups in total. The van der Waals surface area contributed by atoms with E-state index >= 15 is 0 Å². The van der Waals surface area contributed by atoms with Crippen LogP contribution in [-0.4, -0.2) is 37.0 Å². The third kappa shape index (κ3) is 1.83. The molecule has 0 aromatic carbocycles. The van der Waals surface area contributed by atoms with Gasteiger partial charge in [-0.05, 0) is 19.3 Å². The Morgan fingerprint density at radius 2 is 2.00 bits per heavy atom. The van der Waals surface area contributed by atoms with Crippen LogP contribution in [0.3, 0.4) is 0 Å². The van der Waals surface area contributed by atoms with E-state index in [9.17, 15) is 5.11 Å². The van der Waals surface area contributed by atoms with E-state index in [1.165, 1.54) is 32.1 Å². The van der Waals surface area contributed by atoms with Gasteiger partial charge in [0, 0.05) is 42.5 Å². The second kappa shape index (κ2) is 4.46. The van der Waals surface area contributed by atoms with Crippen LogP contribution in [0.15, 0.2) is 0 Å². The molecule has 0 aromatic rings. The summed E-state index contributed by atoms with van der Waals surface area (Å²) in [6.07, 6.45) is 6.61. The number of nitrogens with one attached hydrogen (secondary N) is 1. The number of aliphatic hydroxyl groups excluding tert-OH is 1. The monoisotopic (exact) mass is 253 g/mol. The fourth-order valence-corrected chi connectivity index (χ4v) is 4.58. The summed E-state index contributed by atoms with van der Waals surface area (Å²) in [6, 6.07) is 0.578. The Morgan fingerprint density at radius 3 is 2.67 bits per heavy atom. The molecule has 3 aliphatic rings. The molecule has 3 rings (SSSR count). The van der Waals surface area contributed by atoms with Gasteiger partial charge in [-0.3, -0.25) is 0 Å². The highest BCUT2D eigenvalue weighted by atomic mass is 16.5. The Balaban J connectivity index is 1.60. The SMILES string of the molecule is CC1(C)C(NCC2(CO)CCCC2)C2CCOC21. The average molecular weight is 253 g/mol. The molecule has 0 spiro atoms. The molecule has 1 saturated heterocycles. The molecule has 1 heterocycles. The van der Waals surface area contributed by atoms with Crippen molar-refractivity contribution in [1.29, 1.82) is 0 Å². The molecule has 0 radical (unpaired) electrons. The van der Waals surface area contributed by atoms with Crippen molar-refractivity contribution in [2.45, 2.75) is 58.1 Å². The summed E-state index contributed by atoms with van der Waals surface area (Å²) in [6.45, 7) is 6.90. The first-order valence-corrected chi connectivity index (χ1v) is 7.55. The summed E-state index contributed by atoms with van der Waals surface area (Å²) in [5, 5.41) is 13.4. The van der Waals surface area contributed by atoms with Gasteiger partial charge in [0.2, 0.25) is 0 Å². The van der Waals surface area contributed by atoms with Crippen molar-refractivity contribution < 1.29 is 9.84 Å². The van der Waals surface area contributed by atoms with Crippen LogP contribution in [0.4, 0.5) is 0 Å². The Morgan fingerprint density at radius 1 is 1.28 bits per heavy atom. The Bertz CT molecular complexity index is 310. The molecule has 3 atom stereocenters. The molecule has 1 aliphatic heterocycles. The third-order valence-corrected chi connectivity index (χ3v) is 5.80. The Kier molecular flexibility index (Phi) is 3.20. The lowest BCUT2D eigenvalue weighted by Gasteiger charge is -2.55. The second-order valence-corrected chi connectivity index (χ2v) is 7.29. The number of fused-ring (bicyclic) bond motifs is 1. The molecule has 3 heteroatoms. The van der Waals surface area contributed by atoms with Gasteiger partial charge >= 0.3 is 0 Å². The summed E-state index contributed by atoms with van der Waals surface area (Å²) in [4.78, 5) is 0. The fraction of sp³-hybridized carbons (Fsp3) is 1.00. The van der Waals surface area contributed by atoms with Crippen molar-refractivity contribution in [3.63, 3.8) is 0 Å². The van der Waals surface area contributed by atoms with Crippen LogP contribution >= 0.6 is 0 Å². The zero-order chi connectivity index (χ0) is 12.8. The first-order chi connectivity index (χ1) is 8.59. The highest BCUT2D eigenvalue weighted by Gasteiger charge is 2.59. The lowest BCUT2D eigenvalue weighted by molar-refractivity contribution is -0.115. The van der Waals surface area contributed by atoms with Crippen LogP contribution in [0.2, 0.25) is 0 Å². The second-order valence-electron chi connectivity index (χ2n) is 7.29. The van der Waals surface area contributed by atoms with Gasteiger partial charge < -0.3 is 15.2 Å². The number of hydrogen-bond acceptors (Lipinski definition) is 3. The standard InChI is InChI=1S/C15H27NO2/c1-14(2)12(11-5-8-18-13(11)14)16-9-15(10-17)6-3-4-7-15/h11-13,16-17H,3-10H2,1-2H3. The van der Waals surface area contributed by atoms with E-state index in [4.69, 9.17) is 4.74 Å². The van der Waals surface area contributed by atoms with Gasteiger partial charge in [0.25, 0.3) is 0 Å². The topological polar surface area (TPSA) is 41.5 Å². The van der Waals surface area contributed by atoms with E-state index < -0.39 is 0 Å². The van der Waals surface area contributed by atoms with Crippen LogP contribution in [0.1, 0.15) is 46.0 Å². The van der Waals surface area contributed by atoms with E-state index in [1.54, 1.807) is 0 Å². The molecule has 0 bridgehead atoms. The molecule has 2 saturated carbocycles. The molecule has 0 amide bonds. The van der Waals surface area contributed by atoms with Crippen LogP contribution < -0.4 is 5.32 Å². The van der Waals surface area contributed by atoms with E-state index in [2.05, 4.69) is 19.2 Å². The molecule has 3 fully saturated rings. The summed E-state index contributed by atoms with van der Waals surface area (Å²) in [5.74, 6) is 0.706. The number of hydrogen-bond donors (Lipinski definition) is 2. The predicted octanol–water partition coefficient (Wildman–Crippen LogP) is 1.94. The first-order valence-electron chi connectivity index (χ1n) is 7.55. The van der Waals surface area contributed by atoms with Crippen molar-refractivity contribution >= 4 is 0 Å². The molecule has 104 valence electrons. The van der Waals surface area contributed by atoms with Crippen molar-refractivity contribution in [2.24, 2.45) is 16.7 Å². The largest absolute Gasteiger partial charge is 0.396 e. The number of rotatable bonds is 4. The van der Waals surface area contributed by atoms with Crippen molar-refractivity contribution in [2.75, 3.05) is 19.8 Å². The van der Waals surface area contributed by atoms with Gasteiger partial charge in [-0.15, -0.1) is 0 Å². The minimum Gasteiger partial charge on any atom is -0.396 e. The van der Waals surface area contributed by atoms with Crippen LogP contribution in [0.25, 0.3) is 0 Å². The van der Waals surface area contributed by atoms with Gasteiger partial charge in [0.15, 0.2) is 0 Å². The average Bonchev–Trinajstić information content (AvgIpc) is 2.97. The normalized spacial score (nSPS) is 40.5. The lowest BCUT2D eigenvalue weighted by atomic mass is 9.57. The molecular weight excluding hydrogens is 226 g/mol. The number of aliphatic hydroxyl groups is 1. The summed E-state index contributed by atoms with van der Waals surface area (Å²) < 4.78 is 5.83. The lowest BCUT2D eigenvalue weighted by Crippen LogP contribution is -2.66. The summed E-state index contributed by atoms with van der Waals surface area (Å²) >= 11 is 0. The van der Waals surface area contributed by atoms with E-state index in [0.717, 1.165) is 13.2 Å². The van der Waals surface area contributed by atoms with Crippen LogP contribution in [0.5, 0.6) is 0 Å². The molecular formula is C15H27NO2. The van der Waals surface area contributed by atoms with Gasteiger partial charge in [-0.2, -0.15) is 0 Å². The maximum atomic E-state index is 9.67.